The maximum absolute atomic E-state index is 12.2. The molecule has 0 radical (unpaired) electrons. The molecular weight excluding hydrogens is 349 g/mol. The van der Waals surface area contributed by atoms with Crippen molar-refractivity contribution < 1.29 is 27.4 Å². The number of ketones is 1. The standard InChI is InChI=1S/C18H19F3N2O3/c1-12-8-15(23(2)22-12)16(24)6-4-13-5-7-17(25-3)14(9-13)10-26-11-18(19,20)21/h4-9H,10-11H2,1-3H3/b6-4+. The summed E-state index contributed by atoms with van der Waals surface area (Å²) in [7, 11) is 3.10. The molecule has 5 nitrogen and oxygen atoms in total. The predicted molar refractivity (Wildman–Crippen MR) is 90.0 cm³/mol. The van der Waals surface area contributed by atoms with E-state index in [-0.39, 0.29) is 12.4 Å². The number of alkyl halides is 3. The van der Waals surface area contributed by atoms with Crippen LogP contribution in [-0.2, 0) is 18.4 Å². The molecule has 0 N–H and O–H groups in total. The summed E-state index contributed by atoms with van der Waals surface area (Å²) in [6.45, 7) is 0.199. The van der Waals surface area contributed by atoms with E-state index in [0.29, 0.717) is 22.6 Å². The van der Waals surface area contributed by atoms with Crippen LogP contribution in [0.1, 0.15) is 27.3 Å². The van der Waals surface area contributed by atoms with Crippen molar-refractivity contribution in [2.45, 2.75) is 19.7 Å². The fourth-order valence-corrected chi connectivity index (χ4v) is 2.39. The molecule has 0 atom stereocenters. The molecule has 0 fully saturated rings. The summed E-state index contributed by atoms with van der Waals surface area (Å²) in [5, 5.41) is 4.11. The molecule has 0 spiro atoms. The van der Waals surface area contributed by atoms with Crippen LogP contribution in [0.15, 0.2) is 30.3 Å². The lowest BCUT2D eigenvalue weighted by molar-refractivity contribution is -0.176. The van der Waals surface area contributed by atoms with Crippen molar-refractivity contribution in [1.29, 1.82) is 0 Å². The summed E-state index contributed by atoms with van der Waals surface area (Å²) >= 11 is 0. The zero-order chi connectivity index (χ0) is 19.3. The Morgan fingerprint density at radius 2 is 2.04 bits per heavy atom. The topological polar surface area (TPSA) is 53.3 Å². The predicted octanol–water partition coefficient (Wildman–Crippen LogP) is 3.71. The number of aryl methyl sites for hydroxylation is 2. The molecule has 0 saturated heterocycles. The normalized spacial score (nSPS) is 11.9. The van der Waals surface area contributed by atoms with Gasteiger partial charge in [0.25, 0.3) is 0 Å². The van der Waals surface area contributed by atoms with Crippen molar-refractivity contribution in [2.75, 3.05) is 13.7 Å². The summed E-state index contributed by atoms with van der Waals surface area (Å²) in [5.41, 5.74) is 2.28. The summed E-state index contributed by atoms with van der Waals surface area (Å²) < 4.78 is 48.0. The van der Waals surface area contributed by atoms with Crippen LogP contribution in [-0.4, -0.2) is 35.5 Å². The van der Waals surface area contributed by atoms with Gasteiger partial charge in [0, 0.05) is 12.6 Å². The van der Waals surface area contributed by atoms with Gasteiger partial charge in [-0.05, 0) is 36.8 Å². The number of aromatic nitrogens is 2. The van der Waals surface area contributed by atoms with Gasteiger partial charge in [0.05, 0.1) is 19.4 Å². The highest BCUT2D eigenvalue weighted by Crippen LogP contribution is 2.23. The quantitative estimate of drug-likeness (QED) is 0.552. The molecule has 0 unspecified atom stereocenters. The monoisotopic (exact) mass is 368 g/mol. The lowest BCUT2D eigenvalue weighted by Crippen LogP contribution is -2.16. The van der Waals surface area contributed by atoms with E-state index >= 15 is 0 Å². The highest BCUT2D eigenvalue weighted by atomic mass is 19.4. The minimum atomic E-state index is -4.39. The number of rotatable bonds is 7. The number of nitrogens with zero attached hydrogens (tertiary/aromatic N) is 2. The van der Waals surface area contributed by atoms with E-state index in [1.54, 1.807) is 44.3 Å². The number of allylic oxidation sites excluding steroid dienone is 1. The van der Waals surface area contributed by atoms with Gasteiger partial charge in [0.1, 0.15) is 18.1 Å². The van der Waals surface area contributed by atoms with Crippen molar-refractivity contribution in [3.63, 3.8) is 0 Å². The SMILES string of the molecule is COc1ccc(/C=C/C(=O)c2cc(C)nn2C)cc1COCC(F)(F)F. The number of halogens is 3. The first-order valence-electron chi connectivity index (χ1n) is 7.74. The van der Waals surface area contributed by atoms with E-state index in [1.807, 2.05) is 0 Å². The molecule has 1 heterocycles. The van der Waals surface area contributed by atoms with Crippen LogP contribution in [0.4, 0.5) is 13.2 Å². The third-order valence-electron chi connectivity index (χ3n) is 3.51. The summed E-state index contributed by atoms with van der Waals surface area (Å²) in [5.74, 6) is 0.191. The fourth-order valence-electron chi connectivity index (χ4n) is 2.39. The highest BCUT2D eigenvalue weighted by Gasteiger charge is 2.27. The maximum Gasteiger partial charge on any atom is 0.411 e. The van der Waals surface area contributed by atoms with Crippen molar-refractivity contribution in [3.8, 4) is 5.75 Å². The van der Waals surface area contributed by atoms with Crippen molar-refractivity contribution in [3.05, 3.63) is 52.9 Å². The van der Waals surface area contributed by atoms with E-state index in [4.69, 9.17) is 4.74 Å². The van der Waals surface area contributed by atoms with Gasteiger partial charge in [-0.3, -0.25) is 9.48 Å². The number of hydrogen-bond donors (Lipinski definition) is 0. The van der Waals surface area contributed by atoms with Gasteiger partial charge >= 0.3 is 6.18 Å². The van der Waals surface area contributed by atoms with Gasteiger partial charge in [-0.25, -0.2) is 0 Å². The second-order valence-electron chi connectivity index (χ2n) is 5.67. The molecule has 1 aromatic heterocycles. The number of hydrogen-bond acceptors (Lipinski definition) is 4. The van der Waals surface area contributed by atoms with Crippen molar-refractivity contribution in [2.24, 2.45) is 7.05 Å². The molecule has 140 valence electrons. The van der Waals surface area contributed by atoms with Gasteiger partial charge in [-0.15, -0.1) is 0 Å². The Morgan fingerprint density at radius 3 is 2.62 bits per heavy atom. The molecule has 0 aliphatic carbocycles. The average Bonchev–Trinajstić information content (AvgIpc) is 2.90. The molecular formula is C18H19F3N2O3. The maximum atomic E-state index is 12.2. The summed E-state index contributed by atoms with van der Waals surface area (Å²) in [4.78, 5) is 12.2. The van der Waals surface area contributed by atoms with Crippen LogP contribution in [0, 0.1) is 6.92 Å². The van der Waals surface area contributed by atoms with Crippen LogP contribution in [0.25, 0.3) is 6.08 Å². The molecule has 2 aromatic rings. The fraction of sp³-hybridized carbons (Fsp3) is 0.333. The van der Waals surface area contributed by atoms with Gasteiger partial charge in [-0.1, -0.05) is 12.1 Å². The zero-order valence-corrected chi connectivity index (χ0v) is 14.6. The first kappa shape index (κ1) is 19.7. The number of carbonyl (C=O) groups is 1. The highest BCUT2D eigenvalue weighted by molar-refractivity contribution is 6.05. The molecule has 2 rings (SSSR count). The van der Waals surface area contributed by atoms with Crippen LogP contribution >= 0.6 is 0 Å². The largest absolute Gasteiger partial charge is 0.496 e. The van der Waals surface area contributed by atoms with E-state index in [1.165, 1.54) is 17.9 Å². The first-order valence-corrected chi connectivity index (χ1v) is 7.74. The first-order chi connectivity index (χ1) is 12.2. The van der Waals surface area contributed by atoms with Gasteiger partial charge in [0.15, 0.2) is 0 Å². The average molecular weight is 368 g/mol. The Bertz CT molecular complexity index is 810. The number of methoxy groups -OCH3 is 1. The molecule has 0 bridgehead atoms. The Morgan fingerprint density at radius 1 is 1.31 bits per heavy atom. The van der Waals surface area contributed by atoms with Crippen molar-refractivity contribution in [1.82, 2.24) is 9.78 Å². The molecule has 0 aliphatic heterocycles. The Kier molecular flexibility index (Phi) is 6.20. The Labute approximate surface area is 149 Å². The second-order valence-corrected chi connectivity index (χ2v) is 5.67. The van der Waals surface area contributed by atoms with Gasteiger partial charge < -0.3 is 9.47 Å². The minimum Gasteiger partial charge on any atom is -0.496 e. The van der Waals surface area contributed by atoms with Crippen LogP contribution in [0.2, 0.25) is 0 Å². The van der Waals surface area contributed by atoms with Gasteiger partial charge in [-0.2, -0.15) is 18.3 Å². The van der Waals surface area contributed by atoms with E-state index in [2.05, 4.69) is 9.84 Å². The van der Waals surface area contributed by atoms with Gasteiger partial charge in [0.2, 0.25) is 5.78 Å². The summed E-state index contributed by atoms with van der Waals surface area (Å²) in [6, 6.07) is 6.61. The lowest BCUT2D eigenvalue weighted by atomic mass is 10.1. The number of benzene rings is 1. The molecule has 1 aromatic carbocycles. The Balaban J connectivity index is 2.13. The third-order valence-corrected chi connectivity index (χ3v) is 3.51. The van der Waals surface area contributed by atoms with Crippen LogP contribution in [0.3, 0.4) is 0 Å². The number of ether oxygens (including phenoxy) is 2. The molecule has 8 heteroatoms. The molecule has 26 heavy (non-hydrogen) atoms. The van der Waals surface area contributed by atoms with Crippen LogP contribution < -0.4 is 4.74 Å². The van der Waals surface area contributed by atoms with E-state index < -0.39 is 12.8 Å². The Hall–Kier alpha value is -2.61. The zero-order valence-electron chi connectivity index (χ0n) is 14.6. The van der Waals surface area contributed by atoms with E-state index in [9.17, 15) is 18.0 Å². The molecule has 0 aliphatic rings. The van der Waals surface area contributed by atoms with Crippen LogP contribution in [0.5, 0.6) is 5.75 Å². The minimum absolute atomic E-state index is 0.223. The third kappa shape index (κ3) is 5.45. The molecule has 0 saturated carbocycles. The second kappa shape index (κ2) is 8.18. The van der Waals surface area contributed by atoms with E-state index in [0.717, 1.165) is 5.69 Å². The van der Waals surface area contributed by atoms with Crippen molar-refractivity contribution >= 4 is 11.9 Å². The smallest absolute Gasteiger partial charge is 0.411 e. The summed E-state index contributed by atoms with van der Waals surface area (Å²) in [6.07, 6.45) is -1.42. The lowest BCUT2D eigenvalue weighted by Gasteiger charge is -2.11. The number of carbonyl (C=O) groups excluding carboxylic acids is 1. The molecule has 0 amide bonds.